The third-order valence-electron chi connectivity index (χ3n) is 2.81. The Morgan fingerprint density at radius 2 is 2.29 bits per heavy atom. The summed E-state index contributed by atoms with van der Waals surface area (Å²) < 4.78 is 5.14. The summed E-state index contributed by atoms with van der Waals surface area (Å²) in [5, 5.41) is 8.71. The first kappa shape index (κ1) is 11.3. The summed E-state index contributed by atoms with van der Waals surface area (Å²) in [6, 6.07) is 0. The van der Waals surface area contributed by atoms with Gasteiger partial charge in [0.05, 0.1) is 7.11 Å². The molecule has 14 heavy (non-hydrogen) atoms. The molecule has 0 aliphatic heterocycles. The molecular formula is C12H20O2. The molecule has 2 nitrogen and oxygen atoms in total. The first-order valence-electron chi connectivity index (χ1n) is 5.24. The van der Waals surface area contributed by atoms with Crippen molar-refractivity contribution in [3.8, 4) is 0 Å². The lowest BCUT2D eigenvalue weighted by molar-refractivity contribution is 0.264. The Balaban J connectivity index is 2.39. The Hall–Kier alpha value is -0.760. The molecular weight excluding hydrogens is 176 g/mol. The molecule has 0 spiro atoms. The van der Waals surface area contributed by atoms with Gasteiger partial charge in [0.15, 0.2) is 0 Å². The van der Waals surface area contributed by atoms with Crippen molar-refractivity contribution in [2.45, 2.75) is 32.6 Å². The lowest BCUT2D eigenvalue weighted by Gasteiger charge is -2.27. The number of hydrogen-bond donors (Lipinski definition) is 1. The van der Waals surface area contributed by atoms with Gasteiger partial charge in [0.25, 0.3) is 0 Å². The monoisotopic (exact) mass is 196 g/mol. The van der Waals surface area contributed by atoms with Crippen LogP contribution in [0.4, 0.5) is 0 Å². The molecule has 0 aromatic heterocycles. The van der Waals surface area contributed by atoms with E-state index in [0.29, 0.717) is 6.61 Å². The van der Waals surface area contributed by atoms with Crippen LogP contribution in [-0.4, -0.2) is 18.8 Å². The zero-order valence-electron chi connectivity index (χ0n) is 9.12. The highest BCUT2D eigenvalue weighted by Crippen LogP contribution is 2.34. The van der Waals surface area contributed by atoms with Crippen molar-refractivity contribution in [1.82, 2.24) is 0 Å². The molecule has 0 heterocycles. The molecule has 0 bridgehead atoms. The number of hydrogen-bond acceptors (Lipinski definition) is 2. The second kappa shape index (κ2) is 5.20. The maximum absolute atomic E-state index is 8.71. The Labute approximate surface area is 86.3 Å². The van der Waals surface area contributed by atoms with E-state index in [0.717, 1.165) is 31.4 Å². The fourth-order valence-electron chi connectivity index (χ4n) is 1.73. The molecule has 1 N–H and O–H groups in total. The van der Waals surface area contributed by atoms with Gasteiger partial charge in [0.1, 0.15) is 5.76 Å². The van der Waals surface area contributed by atoms with Crippen LogP contribution in [0.3, 0.4) is 0 Å². The van der Waals surface area contributed by atoms with Crippen molar-refractivity contribution >= 4 is 0 Å². The maximum Gasteiger partial charge on any atom is 0.114 e. The van der Waals surface area contributed by atoms with Gasteiger partial charge >= 0.3 is 0 Å². The zero-order chi connectivity index (χ0) is 10.4. The van der Waals surface area contributed by atoms with Crippen LogP contribution in [0.2, 0.25) is 0 Å². The molecule has 1 unspecified atom stereocenters. The molecule has 0 amide bonds. The van der Waals surface area contributed by atoms with Crippen LogP contribution in [0.25, 0.3) is 0 Å². The number of methoxy groups -OCH3 is 1. The third-order valence-corrected chi connectivity index (χ3v) is 2.81. The van der Waals surface area contributed by atoms with E-state index in [1.54, 1.807) is 7.11 Å². The van der Waals surface area contributed by atoms with Gasteiger partial charge in [-0.1, -0.05) is 19.4 Å². The molecule has 2 heteroatoms. The van der Waals surface area contributed by atoms with Gasteiger partial charge in [-0.15, -0.1) is 0 Å². The van der Waals surface area contributed by atoms with E-state index in [1.165, 1.54) is 0 Å². The second-order valence-corrected chi connectivity index (χ2v) is 4.18. The number of aliphatic hydroxyl groups is 1. The van der Waals surface area contributed by atoms with Gasteiger partial charge in [-0.05, 0) is 36.8 Å². The summed E-state index contributed by atoms with van der Waals surface area (Å²) in [6.07, 6.45) is 10.6. The number of rotatable bonds is 5. The smallest absolute Gasteiger partial charge is 0.114 e. The Kier molecular flexibility index (Phi) is 4.21. The van der Waals surface area contributed by atoms with E-state index in [1.807, 2.05) is 6.08 Å². The van der Waals surface area contributed by atoms with Gasteiger partial charge in [0.2, 0.25) is 0 Å². The SMILES string of the molecule is COC1=CCC(C)(CCCCO)C=C1. The maximum atomic E-state index is 8.71. The van der Waals surface area contributed by atoms with Crippen molar-refractivity contribution in [1.29, 1.82) is 0 Å². The molecule has 80 valence electrons. The Morgan fingerprint density at radius 3 is 2.79 bits per heavy atom. The van der Waals surface area contributed by atoms with E-state index in [9.17, 15) is 0 Å². The van der Waals surface area contributed by atoms with Gasteiger partial charge < -0.3 is 9.84 Å². The summed E-state index contributed by atoms with van der Waals surface area (Å²) in [7, 11) is 1.70. The third kappa shape index (κ3) is 3.18. The topological polar surface area (TPSA) is 29.5 Å². The number of aliphatic hydroxyl groups excluding tert-OH is 1. The van der Waals surface area contributed by atoms with Crippen LogP contribution in [0.1, 0.15) is 32.6 Å². The van der Waals surface area contributed by atoms with Gasteiger partial charge in [-0.25, -0.2) is 0 Å². The fourth-order valence-corrected chi connectivity index (χ4v) is 1.73. The van der Waals surface area contributed by atoms with Crippen LogP contribution in [-0.2, 0) is 4.74 Å². The van der Waals surface area contributed by atoms with E-state index < -0.39 is 0 Å². The van der Waals surface area contributed by atoms with Crippen molar-refractivity contribution < 1.29 is 9.84 Å². The van der Waals surface area contributed by atoms with E-state index >= 15 is 0 Å². The van der Waals surface area contributed by atoms with Crippen LogP contribution >= 0.6 is 0 Å². The minimum Gasteiger partial charge on any atom is -0.497 e. The van der Waals surface area contributed by atoms with Crippen molar-refractivity contribution in [3.63, 3.8) is 0 Å². The Morgan fingerprint density at radius 1 is 1.50 bits per heavy atom. The van der Waals surface area contributed by atoms with Crippen molar-refractivity contribution in [2.24, 2.45) is 5.41 Å². The van der Waals surface area contributed by atoms with Gasteiger partial charge in [-0.3, -0.25) is 0 Å². The number of unbranched alkanes of at least 4 members (excludes halogenated alkanes) is 1. The zero-order valence-corrected chi connectivity index (χ0v) is 9.12. The standard InChI is InChI=1S/C12H20O2/c1-12(7-3-4-10-13)8-5-11(14-2)6-9-12/h5-6,8,13H,3-4,7,9-10H2,1-2H3. The fraction of sp³-hybridized carbons (Fsp3) is 0.667. The highest BCUT2D eigenvalue weighted by Gasteiger charge is 2.21. The normalized spacial score (nSPS) is 26.1. The van der Waals surface area contributed by atoms with Crippen LogP contribution in [0.5, 0.6) is 0 Å². The lowest BCUT2D eigenvalue weighted by Crippen LogP contribution is -2.15. The van der Waals surface area contributed by atoms with Crippen LogP contribution in [0, 0.1) is 5.41 Å². The molecule has 1 aliphatic carbocycles. The summed E-state index contributed by atoms with van der Waals surface area (Å²) in [5.74, 6) is 0.963. The first-order valence-corrected chi connectivity index (χ1v) is 5.24. The molecule has 0 saturated heterocycles. The molecule has 1 rings (SSSR count). The van der Waals surface area contributed by atoms with Crippen molar-refractivity contribution in [2.75, 3.05) is 13.7 Å². The molecule has 0 aromatic carbocycles. The van der Waals surface area contributed by atoms with Crippen molar-refractivity contribution in [3.05, 3.63) is 24.0 Å². The molecule has 0 aromatic rings. The summed E-state index contributed by atoms with van der Waals surface area (Å²) in [5.41, 5.74) is 0.261. The summed E-state index contributed by atoms with van der Waals surface area (Å²) >= 11 is 0. The number of allylic oxidation sites excluding steroid dienone is 3. The molecule has 0 saturated carbocycles. The molecule has 0 fully saturated rings. The van der Waals surface area contributed by atoms with E-state index in [-0.39, 0.29) is 5.41 Å². The Bertz CT molecular complexity index is 230. The quantitative estimate of drug-likeness (QED) is 0.685. The first-order chi connectivity index (χ1) is 6.70. The number of ether oxygens (including phenoxy) is 1. The largest absolute Gasteiger partial charge is 0.497 e. The average Bonchev–Trinajstić information content (AvgIpc) is 2.19. The van der Waals surface area contributed by atoms with E-state index in [4.69, 9.17) is 9.84 Å². The predicted molar refractivity (Wildman–Crippen MR) is 57.9 cm³/mol. The lowest BCUT2D eigenvalue weighted by atomic mass is 9.79. The minimum atomic E-state index is 0.261. The van der Waals surface area contributed by atoms with Crippen LogP contribution < -0.4 is 0 Å². The van der Waals surface area contributed by atoms with E-state index in [2.05, 4.69) is 19.1 Å². The highest BCUT2D eigenvalue weighted by molar-refractivity contribution is 5.21. The summed E-state index contributed by atoms with van der Waals surface area (Å²) in [4.78, 5) is 0. The molecule has 0 radical (unpaired) electrons. The van der Waals surface area contributed by atoms with Crippen LogP contribution in [0.15, 0.2) is 24.0 Å². The predicted octanol–water partition coefficient (Wildman–Crippen LogP) is 2.65. The van der Waals surface area contributed by atoms with Gasteiger partial charge in [0, 0.05) is 6.61 Å². The molecule has 1 aliphatic rings. The molecule has 1 atom stereocenters. The minimum absolute atomic E-state index is 0.261. The highest BCUT2D eigenvalue weighted by atomic mass is 16.5. The summed E-state index contributed by atoms with van der Waals surface area (Å²) in [6.45, 7) is 2.56. The second-order valence-electron chi connectivity index (χ2n) is 4.18. The average molecular weight is 196 g/mol. The van der Waals surface area contributed by atoms with Gasteiger partial charge in [-0.2, -0.15) is 0 Å².